The molecule has 3 heteroatoms. The molecule has 0 fully saturated rings. The first-order valence-electron chi connectivity index (χ1n) is 4.74. The number of hydrogen-bond donors (Lipinski definition) is 0. The molecule has 0 aliphatic rings. The van der Waals surface area contributed by atoms with Crippen LogP contribution in [0, 0.1) is 12.8 Å². The summed E-state index contributed by atoms with van der Waals surface area (Å²) in [6, 6.07) is 1.94. The minimum Gasteiger partial charge on any atom is -0.468 e. The van der Waals surface area contributed by atoms with Gasteiger partial charge in [0.2, 0.25) is 0 Å². The molecule has 14 heavy (non-hydrogen) atoms. The third-order valence-corrected chi connectivity index (χ3v) is 3.04. The maximum Gasteiger partial charge on any atom is 0.145 e. The fourth-order valence-corrected chi connectivity index (χ4v) is 2.08. The van der Waals surface area contributed by atoms with Crippen molar-refractivity contribution < 1.29 is 9.21 Å². The highest BCUT2D eigenvalue weighted by molar-refractivity contribution is 7.99. The molecule has 0 aromatic carbocycles. The highest BCUT2D eigenvalue weighted by Crippen LogP contribution is 2.17. The Balaban J connectivity index is 2.29. The van der Waals surface area contributed by atoms with Gasteiger partial charge >= 0.3 is 0 Å². The van der Waals surface area contributed by atoms with Gasteiger partial charge in [-0.05, 0) is 18.6 Å². The predicted molar refractivity (Wildman–Crippen MR) is 59.5 cm³/mol. The van der Waals surface area contributed by atoms with Crippen molar-refractivity contribution in [1.29, 1.82) is 0 Å². The predicted octanol–water partition coefficient (Wildman–Crippen LogP) is 3.05. The van der Waals surface area contributed by atoms with E-state index in [1.807, 2.05) is 26.8 Å². The maximum atomic E-state index is 11.3. The van der Waals surface area contributed by atoms with E-state index in [1.54, 1.807) is 18.0 Å². The number of aryl methyl sites for hydroxylation is 1. The van der Waals surface area contributed by atoms with Crippen LogP contribution in [-0.4, -0.2) is 11.5 Å². The topological polar surface area (TPSA) is 30.2 Å². The number of rotatable bonds is 5. The summed E-state index contributed by atoms with van der Waals surface area (Å²) >= 11 is 1.62. The maximum absolute atomic E-state index is 11.3. The van der Waals surface area contributed by atoms with E-state index in [1.165, 1.54) is 0 Å². The van der Waals surface area contributed by atoms with Gasteiger partial charge in [-0.2, -0.15) is 0 Å². The van der Waals surface area contributed by atoms with Crippen molar-refractivity contribution in [1.82, 2.24) is 0 Å². The number of Topliss-reactive ketones (excluding diaryl/α,β-unsaturated/α-hetero) is 1. The Labute approximate surface area is 89.1 Å². The minimum atomic E-state index is 0.139. The largest absolute Gasteiger partial charge is 0.468 e. The highest BCUT2D eigenvalue weighted by Gasteiger charge is 2.08. The average Bonchev–Trinajstić information content (AvgIpc) is 2.51. The fourth-order valence-electron chi connectivity index (χ4n) is 0.963. The summed E-state index contributed by atoms with van der Waals surface area (Å²) in [5, 5.41) is 0. The van der Waals surface area contributed by atoms with E-state index in [2.05, 4.69) is 0 Å². The fraction of sp³-hybridized carbons (Fsp3) is 0.545. The molecule has 0 spiro atoms. The van der Waals surface area contributed by atoms with Gasteiger partial charge in [0.15, 0.2) is 0 Å². The Hall–Kier alpha value is -0.700. The Morgan fingerprint density at radius 2 is 2.29 bits per heavy atom. The summed E-state index contributed by atoms with van der Waals surface area (Å²) in [7, 11) is 0. The molecule has 0 bridgehead atoms. The van der Waals surface area contributed by atoms with Crippen molar-refractivity contribution in [2.24, 2.45) is 5.92 Å². The minimum absolute atomic E-state index is 0.139. The number of carbonyl (C=O) groups is 1. The number of carbonyl (C=O) groups excluding carboxylic acids is 1. The highest BCUT2D eigenvalue weighted by atomic mass is 32.2. The van der Waals surface area contributed by atoms with Gasteiger partial charge in [-0.15, -0.1) is 11.8 Å². The van der Waals surface area contributed by atoms with E-state index in [0.717, 1.165) is 17.1 Å². The second-order valence-corrected chi connectivity index (χ2v) is 4.63. The molecule has 0 aliphatic carbocycles. The van der Waals surface area contributed by atoms with Gasteiger partial charge in [0.1, 0.15) is 11.5 Å². The van der Waals surface area contributed by atoms with E-state index in [0.29, 0.717) is 11.5 Å². The molecule has 0 atom stereocenters. The van der Waals surface area contributed by atoms with E-state index < -0.39 is 0 Å². The lowest BCUT2D eigenvalue weighted by Gasteiger charge is -2.02. The van der Waals surface area contributed by atoms with Crippen molar-refractivity contribution in [2.75, 3.05) is 5.75 Å². The van der Waals surface area contributed by atoms with Crippen LogP contribution in [0.3, 0.4) is 0 Å². The first-order valence-corrected chi connectivity index (χ1v) is 5.90. The molecule has 1 rings (SSSR count). The first kappa shape index (κ1) is 11.4. The van der Waals surface area contributed by atoms with E-state index in [9.17, 15) is 4.79 Å². The number of thioether (sulfide) groups is 1. The quantitative estimate of drug-likeness (QED) is 0.751. The molecule has 78 valence electrons. The van der Waals surface area contributed by atoms with E-state index >= 15 is 0 Å². The lowest BCUT2D eigenvalue weighted by atomic mass is 10.1. The summed E-state index contributed by atoms with van der Waals surface area (Å²) in [6.45, 7) is 5.88. The molecule has 1 aromatic rings. The van der Waals surface area contributed by atoms with Gasteiger partial charge < -0.3 is 4.42 Å². The van der Waals surface area contributed by atoms with Gasteiger partial charge in [-0.1, -0.05) is 13.8 Å². The molecule has 0 unspecified atom stereocenters. The van der Waals surface area contributed by atoms with Crippen LogP contribution in [0.5, 0.6) is 0 Å². The molecule has 1 heterocycles. The lowest BCUT2D eigenvalue weighted by Crippen LogP contribution is -2.09. The Kier molecular flexibility index (Phi) is 4.26. The zero-order chi connectivity index (χ0) is 10.6. The molecule has 0 radical (unpaired) electrons. The number of furan rings is 1. The third kappa shape index (κ3) is 3.22. The zero-order valence-electron chi connectivity index (χ0n) is 8.87. The Morgan fingerprint density at radius 3 is 2.79 bits per heavy atom. The smallest absolute Gasteiger partial charge is 0.145 e. The summed E-state index contributed by atoms with van der Waals surface area (Å²) < 4.78 is 5.27. The second kappa shape index (κ2) is 5.25. The van der Waals surface area contributed by atoms with Crippen LogP contribution in [0.1, 0.15) is 25.2 Å². The summed E-state index contributed by atoms with van der Waals surface area (Å²) in [6.07, 6.45) is 1.69. The van der Waals surface area contributed by atoms with Crippen LogP contribution in [-0.2, 0) is 10.5 Å². The van der Waals surface area contributed by atoms with Gasteiger partial charge in [0, 0.05) is 5.92 Å². The van der Waals surface area contributed by atoms with Crippen molar-refractivity contribution in [3.63, 3.8) is 0 Å². The van der Waals surface area contributed by atoms with E-state index in [-0.39, 0.29) is 5.92 Å². The Morgan fingerprint density at radius 1 is 1.57 bits per heavy atom. The van der Waals surface area contributed by atoms with E-state index in [4.69, 9.17) is 4.42 Å². The second-order valence-electron chi connectivity index (χ2n) is 3.64. The summed E-state index contributed by atoms with van der Waals surface area (Å²) in [5.74, 6) is 2.79. The van der Waals surface area contributed by atoms with Gasteiger partial charge in [-0.25, -0.2) is 0 Å². The molecule has 0 saturated carbocycles. The van der Waals surface area contributed by atoms with Crippen LogP contribution in [0.4, 0.5) is 0 Å². The van der Waals surface area contributed by atoms with Crippen LogP contribution in [0.15, 0.2) is 16.7 Å². The zero-order valence-corrected chi connectivity index (χ0v) is 9.69. The molecule has 2 nitrogen and oxygen atoms in total. The van der Waals surface area contributed by atoms with Crippen molar-refractivity contribution in [2.45, 2.75) is 26.5 Å². The first-order chi connectivity index (χ1) is 6.61. The average molecular weight is 212 g/mol. The summed E-state index contributed by atoms with van der Waals surface area (Å²) in [5.41, 5.74) is 1.16. The van der Waals surface area contributed by atoms with Crippen molar-refractivity contribution >= 4 is 17.5 Å². The van der Waals surface area contributed by atoms with Gasteiger partial charge in [0.05, 0.1) is 17.8 Å². The molecule has 0 amide bonds. The molecular formula is C11H16O2S. The van der Waals surface area contributed by atoms with Crippen LogP contribution in [0.2, 0.25) is 0 Å². The molecular weight excluding hydrogens is 196 g/mol. The molecule has 1 aromatic heterocycles. The number of hydrogen-bond acceptors (Lipinski definition) is 3. The normalized spacial score (nSPS) is 10.9. The molecule has 0 aliphatic heterocycles. The van der Waals surface area contributed by atoms with Crippen LogP contribution in [0.25, 0.3) is 0 Å². The monoisotopic (exact) mass is 212 g/mol. The van der Waals surface area contributed by atoms with Crippen LogP contribution < -0.4 is 0 Å². The molecule has 0 N–H and O–H groups in total. The Bertz CT molecular complexity index is 302. The van der Waals surface area contributed by atoms with Gasteiger partial charge in [-0.3, -0.25) is 4.79 Å². The standard InChI is InChI=1S/C11H16O2S/c1-8(2)10(12)6-14-7-11-9(3)4-5-13-11/h4-5,8H,6-7H2,1-3H3. The summed E-state index contributed by atoms with van der Waals surface area (Å²) in [4.78, 5) is 11.3. The van der Waals surface area contributed by atoms with Crippen LogP contribution >= 0.6 is 11.8 Å². The third-order valence-electron chi connectivity index (χ3n) is 2.09. The SMILES string of the molecule is Cc1ccoc1CSCC(=O)C(C)C. The lowest BCUT2D eigenvalue weighted by molar-refractivity contribution is -0.119. The van der Waals surface area contributed by atoms with Crippen molar-refractivity contribution in [3.8, 4) is 0 Å². The van der Waals surface area contributed by atoms with Crippen molar-refractivity contribution in [3.05, 3.63) is 23.7 Å². The molecule has 0 saturated heterocycles. The number of ketones is 1. The van der Waals surface area contributed by atoms with Gasteiger partial charge in [0.25, 0.3) is 0 Å².